The summed E-state index contributed by atoms with van der Waals surface area (Å²) in [6.45, 7) is 1.46. The van der Waals surface area contributed by atoms with Crippen LogP contribution < -0.4 is 16.0 Å². The minimum Gasteiger partial charge on any atom is -0.348 e. The van der Waals surface area contributed by atoms with E-state index in [1.807, 2.05) is 42.5 Å². The summed E-state index contributed by atoms with van der Waals surface area (Å²) in [6, 6.07) is 18.7. The monoisotopic (exact) mass is 387 g/mol. The molecule has 0 radical (unpaired) electrons. The molecule has 1 aliphatic carbocycles. The Hall–Kier alpha value is -3.74. The first-order valence-corrected chi connectivity index (χ1v) is 9.47. The minimum absolute atomic E-state index is 0.125. The van der Waals surface area contributed by atoms with Gasteiger partial charge in [0.25, 0.3) is 5.91 Å². The van der Waals surface area contributed by atoms with Gasteiger partial charge in [-0.1, -0.05) is 30.3 Å². The standard InChI is InChI=1S/C22H21N5O2/c1-14(28)23-16-7-9-17(10-8-16)24-20-13-19(22(29)25-18-11-12-18)26-21(27-20)15-5-3-2-4-6-15/h2-10,13,18H,11-12H2,1H3,(H,23,28)(H,25,29)(H,24,26,27). The molecule has 1 fully saturated rings. The predicted molar refractivity (Wildman–Crippen MR) is 112 cm³/mol. The number of hydrogen-bond donors (Lipinski definition) is 3. The number of aromatic nitrogens is 2. The van der Waals surface area contributed by atoms with E-state index >= 15 is 0 Å². The maximum atomic E-state index is 12.6. The molecule has 4 rings (SSSR count). The fourth-order valence-corrected chi connectivity index (χ4v) is 2.82. The van der Waals surface area contributed by atoms with Gasteiger partial charge in [0.2, 0.25) is 5.91 Å². The molecular formula is C22H21N5O2. The highest BCUT2D eigenvalue weighted by Gasteiger charge is 2.25. The van der Waals surface area contributed by atoms with E-state index in [1.165, 1.54) is 6.92 Å². The Labute approximate surface area is 168 Å². The Kier molecular flexibility index (Phi) is 5.20. The number of carbonyl (C=O) groups excluding carboxylic acids is 2. The van der Waals surface area contributed by atoms with Crippen LogP contribution in [0.1, 0.15) is 30.3 Å². The first-order chi connectivity index (χ1) is 14.1. The third-order valence-corrected chi connectivity index (χ3v) is 4.38. The third kappa shape index (κ3) is 4.95. The molecule has 0 spiro atoms. The number of nitrogens with zero attached hydrogens (tertiary/aromatic N) is 2. The van der Waals surface area contributed by atoms with Gasteiger partial charge in [-0.05, 0) is 37.1 Å². The number of rotatable bonds is 6. The first kappa shape index (κ1) is 18.6. The fraction of sp³-hybridized carbons (Fsp3) is 0.182. The summed E-state index contributed by atoms with van der Waals surface area (Å²) < 4.78 is 0. The zero-order chi connectivity index (χ0) is 20.2. The maximum absolute atomic E-state index is 12.6. The summed E-state index contributed by atoms with van der Waals surface area (Å²) in [5.41, 5.74) is 2.64. The SMILES string of the molecule is CC(=O)Nc1ccc(Nc2cc(C(=O)NC3CC3)nc(-c3ccccc3)n2)cc1. The predicted octanol–water partition coefficient (Wildman–Crippen LogP) is 3.74. The summed E-state index contributed by atoms with van der Waals surface area (Å²) in [5.74, 6) is 0.676. The minimum atomic E-state index is -0.198. The van der Waals surface area contributed by atoms with Gasteiger partial charge >= 0.3 is 0 Å². The molecule has 0 aliphatic heterocycles. The first-order valence-electron chi connectivity index (χ1n) is 9.47. The van der Waals surface area contributed by atoms with Gasteiger partial charge in [0.1, 0.15) is 11.5 Å². The highest BCUT2D eigenvalue weighted by atomic mass is 16.2. The van der Waals surface area contributed by atoms with Crippen molar-refractivity contribution in [3.05, 3.63) is 66.4 Å². The van der Waals surface area contributed by atoms with E-state index in [-0.39, 0.29) is 17.9 Å². The van der Waals surface area contributed by atoms with Crippen molar-refractivity contribution in [2.75, 3.05) is 10.6 Å². The average Bonchev–Trinajstić information content (AvgIpc) is 3.53. The fourth-order valence-electron chi connectivity index (χ4n) is 2.82. The van der Waals surface area contributed by atoms with Gasteiger partial charge in [0, 0.05) is 36.0 Å². The maximum Gasteiger partial charge on any atom is 0.270 e. The third-order valence-electron chi connectivity index (χ3n) is 4.38. The van der Waals surface area contributed by atoms with Crippen LogP contribution in [0.2, 0.25) is 0 Å². The zero-order valence-electron chi connectivity index (χ0n) is 16.0. The van der Waals surface area contributed by atoms with E-state index < -0.39 is 0 Å². The number of benzene rings is 2. The van der Waals surface area contributed by atoms with Crippen molar-refractivity contribution >= 4 is 29.0 Å². The highest BCUT2D eigenvalue weighted by molar-refractivity contribution is 5.94. The summed E-state index contributed by atoms with van der Waals surface area (Å²) in [6.07, 6.45) is 2.02. The van der Waals surface area contributed by atoms with Crippen molar-refractivity contribution in [1.82, 2.24) is 15.3 Å². The quantitative estimate of drug-likeness (QED) is 0.599. The van der Waals surface area contributed by atoms with Gasteiger partial charge < -0.3 is 16.0 Å². The van der Waals surface area contributed by atoms with E-state index in [0.29, 0.717) is 23.0 Å². The Balaban J connectivity index is 1.62. The van der Waals surface area contributed by atoms with E-state index in [9.17, 15) is 9.59 Å². The van der Waals surface area contributed by atoms with Gasteiger partial charge in [0.15, 0.2) is 5.82 Å². The van der Waals surface area contributed by atoms with Crippen molar-refractivity contribution in [1.29, 1.82) is 0 Å². The van der Waals surface area contributed by atoms with E-state index in [0.717, 1.165) is 24.1 Å². The van der Waals surface area contributed by atoms with E-state index in [4.69, 9.17) is 0 Å². The van der Waals surface area contributed by atoms with E-state index in [1.54, 1.807) is 18.2 Å². The molecular weight excluding hydrogens is 366 g/mol. The molecule has 3 N–H and O–H groups in total. The largest absolute Gasteiger partial charge is 0.348 e. The van der Waals surface area contributed by atoms with Gasteiger partial charge in [-0.15, -0.1) is 0 Å². The number of hydrogen-bond acceptors (Lipinski definition) is 5. The Bertz CT molecular complexity index is 1030. The Morgan fingerprint density at radius 1 is 0.931 bits per heavy atom. The molecule has 7 nitrogen and oxygen atoms in total. The summed E-state index contributed by atoms with van der Waals surface area (Å²) in [7, 11) is 0. The number of amides is 2. The van der Waals surface area contributed by atoms with Gasteiger partial charge in [0.05, 0.1) is 0 Å². The second kappa shape index (κ2) is 8.10. The second-order valence-electron chi connectivity index (χ2n) is 6.96. The molecule has 1 aliphatic rings. The Morgan fingerprint density at radius 2 is 1.62 bits per heavy atom. The lowest BCUT2D eigenvalue weighted by molar-refractivity contribution is -0.114. The van der Waals surface area contributed by atoms with Crippen molar-refractivity contribution in [3.63, 3.8) is 0 Å². The molecule has 7 heteroatoms. The van der Waals surface area contributed by atoms with Crippen LogP contribution in [-0.2, 0) is 4.79 Å². The van der Waals surface area contributed by atoms with Gasteiger partial charge in [-0.2, -0.15) is 0 Å². The molecule has 0 unspecified atom stereocenters. The molecule has 1 saturated carbocycles. The topological polar surface area (TPSA) is 96.0 Å². The van der Waals surface area contributed by atoms with Crippen LogP contribution in [0.4, 0.5) is 17.2 Å². The molecule has 29 heavy (non-hydrogen) atoms. The number of anilines is 3. The highest BCUT2D eigenvalue weighted by Crippen LogP contribution is 2.23. The summed E-state index contributed by atoms with van der Waals surface area (Å²) in [5, 5.41) is 8.91. The summed E-state index contributed by atoms with van der Waals surface area (Å²) >= 11 is 0. The lowest BCUT2D eigenvalue weighted by Gasteiger charge is -2.11. The molecule has 0 bridgehead atoms. The smallest absolute Gasteiger partial charge is 0.270 e. The number of nitrogens with one attached hydrogen (secondary N) is 3. The van der Waals surface area contributed by atoms with Crippen LogP contribution in [0.5, 0.6) is 0 Å². The van der Waals surface area contributed by atoms with Crippen LogP contribution in [0.3, 0.4) is 0 Å². The van der Waals surface area contributed by atoms with Crippen LogP contribution in [0.15, 0.2) is 60.7 Å². The summed E-state index contributed by atoms with van der Waals surface area (Å²) in [4.78, 5) is 32.8. The lowest BCUT2D eigenvalue weighted by atomic mass is 10.2. The van der Waals surface area contributed by atoms with Crippen molar-refractivity contribution in [2.45, 2.75) is 25.8 Å². The molecule has 3 aromatic rings. The average molecular weight is 387 g/mol. The zero-order valence-corrected chi connectivity index (χ0v) is 16.0. The molecule has 0 saturated heterocycles. The molecule has 1 heterocycles. The van der Waals surface area contributed by atoms with Crippen LogP contribution in [0.25, 0.3) is 11.4 Å². The van der Waals surface area contributed by atoms with Crippen LogP contribution >= 0.6 is 0 Å². The van der Waals surface area contributed by atoms with Gasteiger partial charge in [-0.25, -0.2) is 9.97 Å². The van der Waals surface area contributed by atoms with Gasteiger partial charge in [-0.3, -0.25) is 9.59 Å². The van der Waals surface area contributed by atoms with Crippen molar-refractivity contribution in [3.8, 4) is 11.4 Å². The molecule has 1 aromatic heterocycles. The lowest BCUT2D eigenvalue weighted by Crippen LogP contribution is -2.26. The molecule has 0 atom stereocenters. The molecule has 2 amide bonds. The second-order valence-corrected chi connectivity index (χ2v) is 6.96. The van der Waals surface area contributed by atoms with Crippen LogP contribution in [0, 0.1) is 0 Å². The Morgan fingerprint density at radius 3 is 2.28 bits per heavy atom. The van der Waals surface area contributed by atoms with E-state index in [2.05, 4.69) is 25.9 Å². The molecule has 146 valence electrons. The number of carbonyl (C=O) groups is 2. The molecule has 2 aromatic carbocycles. The normalized spacial score (nSPS) is 12.9. The van der Waals surface area contributed by atoms with Crippen LogP contribution in [-0.4, -0.2) is 27.8 Å². The van der Waals surface area contributed by atoms with Crippen molar-refractivity contribution < 1.29 is 9.59 Å². The van der Waals surface area contributed by atoms with Crippen molar-refractivity contribution in [2.24, 2.45) is 0 Å².